The van der Waals surface area contributed by atoms with Crippen LogP contribution < -0.4 is 19.5 Å². The van der Waals surface area contributed by atoms with Crippen LogP contribution >= 0.6 is 0 Å². The zero-order valence-corrected chi connectivity index (χ0v) is 15.1. The standard InChI is InChI=1S/C19H19FN2O5/c1-24-15-8-13(9-16(25-2)18(15)26-3)21-19(23)17-10-14(22-27-17)11-4-6-12(20)7-5-11/h4-9,17H,10H2,1-3H3,(H,21,23)/t17-/m1/s1. The molecule has 0 unspecified atom stereocenters. The summed E-state index contributed by atoms with van der Waals surface area (Å²) in [7, 11) is 4.48. The molecule has 1 N–H and O–H groups in total. The van der Waals surface area contributed by atoms with Crippen molar-refractivity contribution < 1.29 is 28.2 Å². The van der Waals surface area contributed by atoms with Gasteiger partial charge in [-0.15, -0.1) is 0 Å². The molecule has 8 heteroatoms. The van der Waals surface area contributed by atoms with Gasteiger partial charge in [0.2, 0.25) is 11.9 Å². The van der Waals surface area contributed by atoms with E-state index < -0.39 is 6.10 Å². The SMILES string of the molecule is COc1cc(NC(=O)[C@H]2CC(c3ccc(F)cc3)=NO2)cc(OC)c1OC. The van der Waals surface area contributed by atoms with E-state index in [1.165, 1.54) is 33.5 Å². The van der Waals surface area contributed by atoms with Crippen LogP contribution in [0.25, 0.3) is 0 Å². The van der Waals surface area contributed by atoms with E-state index in [9.17, 15) is 9.18 Å². The molecule has 0 saturated heterocycles. The second kappa shape index (κ2) is 7.94. The third kappa shape index (κ3) is 3.94. The first-order chi connectivity index (χ1) is 13.0. The molecule has 2 aromatic carbocycles. The second-order valence-corrected chi connectivity index (χ2v) is 5.75. The first-order valence-electron chi connectivity index (χ1n) is 8.15. The molecule has 0 radical (unpaired) electrons. The Hall–Kier alpha value is -3.29. The fraction of sp³-hybridized carbons (Fsp3) is 0.263. The summed E-state index contributed by atoms with van der Waals surface area (Å²) in [6.45, 7) is 0. The molecule has 142 valence electrons. The van der Waals surface area contributed by atoms with Gasteiger partial charge in [0.05, 0.1) is 27.0 Å². The lowest BCUT2D eigenvalue weighted by Gasteiger charge is -2.15. The summed E-state index contributed by atoms with van der Waals surface area (Å²) in [4.78, 5) is 17.8. The Morgan fingerprint density at radius 3 is 2.30 bits per heavy atom. The normalized spacial score (nSPS) is 15.6. The van der Waals surface area contributed by atoms with Crippen molar-refractivity contribution in [1.82, 2.24) is 0 Å². The molecule has 0 saturated carbocycles. The van der Waals surface area contributed by atoms with Crippen molar-refractivity contribution >= 4 is 17.3 Å². The Labute approximate surface area is 155 Å². The van der Waals surface area contributed by atoms with E-state index in [-0.39, 0.29) is 18.1 Å². The van der Waals surface area contributed by atoms with Crippen molar-refractivity contribution in [3.05, 3.63) is 47.8 Å². The zero-order chi connectivity index (χ0) is 19.4. The summed E-state index contributed by atoms with van der Waals surface area (Å²) < 4.78 is 28.8. The average molecular weight is 374 g/mol. The van der Waals surface area contributed by atoms with E-state index in [4.69, 9.17) is 19.0 Å². The number of carbonyl (C=O) groups excluding carboxylic acids is 1. The van der Waals surface area contributed by atoms with Crippen LogP contribution in [0.15, 0.2) is 41.6 Å². The van der Waals surface area contributed by atoms with E-state index >= 15 is 0 Å². The number of hydrogen-bond acceptors (Lipinski definition) is 6. The summed E-state index contributed by atoms with van der Waals surface area (Å²) in [5, 5.41) is 6.69. The summed E-state index contributed by atoms with van der Waals surface area (Å²) in [5.41, 5.74) is 1.76. The minimum atomic E-state index is -0.788. The van der Waals surface area contributed by atoms with Crippen LogP contribution in [0.4, 0.5) is 10.1 Å². The lowest BCUT2D eigenvalue weighted by atomic mass is 10.0. The maximum absolute atomic E-state index is 13.0. The highest BCUT2D eigenvalue weighted by molar-refractivity contribution is 6.06. The van der Waals surface area contributed by atoms with Gasteiger partial charge in [-0.1, -0.05) is 17.3 Å². The van der Waals surface area contributed by atoms with Gasteiger partial charge in [0.1, 0.15) is 5.82 Å². The van der Waals surface area contributed by atoms with Gasteiger partial charge in [0.15, 0.2) is 11.5 Å². The van der Waals surface area contributed by atoms with Crippen molar-refractivity contribution in [3.63, 3.8) is 0 Å². The van der Waals surface area contributed by atoms with E-state index in [2.05, 4.69) is 10.5 Å². The molecule has 2 aromatic rings. The molecule has 1 atom stereocenters. The molecule has 3 rings (SSSR count). The highest BCUT2D eigenvalue weighted by Crippen LogP contribution is 2.40. The maximum atomic E-state index is 13.0. The number of ether oxygens (including phenoxy) is 3. The number of anilines is 1. The number of benzene rings is 2. The Balaban J connectivity index is 1.70. The number of hydrogen-bond donors (Lipinski definition) is 1. The molecule has 0 fully saturated rings. The molecule has 1 aliphatic heterocycles. The lowest BCUT2D eigenvalue weighted by Crippen LogP contribution is -2.28. The Morgan fingerprint density at radius 2 is 1.74 bits per heavy atom. The summed E-state index contributed by atoms with van der Waals surface area (Å²) in [6.07, 6.45) is -0.508. The number of carbonyl (C=O) groups is 1. The van der Waals surface area contributed by atoms with Crippen LogP contribution in [0.5, 0.6) is 17.2 Å². The van der Waals surface area contributed by atoms with Gasteiger partial charge in [-0.2, -0.15) is 0 Å². The molecule has 1 aliphatic rings. The van der Waals surface area contributed by atoms with E-state index in [1.807, 2.05) is 0 Å². The van der Waals surface area contributed by atoms with Crippen LogP contribution in [0.2, 0.25) is 0 Å². The van der Waals surface area contributed by atoms with Crippen molar-refractivity contribution in [2.45, 2.75) is 12.5 Å². The van der Waals surface area contributed by atoms with Crippen molar-refractivity contribution in [1.29, 1.82) is 0 Å². The molecule has 0 bridgehead atoms. The van der Waals surface area contributed by atoms with Gasteiger partial charge in [0.25, 0.3) is 5.91 Å². The fourth-order valence-corrected chi connectivity index (χ4v) is 2.71. The quantitative estimate of drug-likeness (QED) is 0.841. The fourth-order valence-electron chi connectivity index (χ4n) is 2.71. The molecule has 27 heavy (non-hydrogen) atoms. The monoisotopic (exact) mass is 374 g/mol. The van der Waals surface area contributed by atoms with Gasteiger partial charge in [-0.05, 0) is 17.7 Å². The number of amides is 1. The van der Waals surface area contributed by atoms with Gasteiger partial charge in [-0.3, -0.25) is 4.79 Å². The summed E-state index contributed by atoms with van der Waals surface area (Å²) >= 11 is 0. The molecule has 0 spiro atoms. The average Bonchev–Trinajstić information content (AvgIpc) is 3.18. The number of rotatable bonds is 6. The molecular weight excluding hydrogens is 355 g/mol. The van der Waals surface area contributed by atoms with Crippen molar-refractivity contribution in [2.75, 3.05) is 26.6 Å². The summed E-state index contributed by atoms with van der Waals surface area (Å²) in [5.74, 6) is 0.558. The third-order valence-corrected chi connectivity index (χ3v) is 4.07. The first-order valence-corrected chi connectivity index (χ1v) is 8.15. The maximum Gasteiger partial charge on any atom is 0.268 e. The minimum Gasteiger partial charge on any atom is -0.493 e. The number of nitrogens with one attached hydrogen (secondary N) is 1. The zero-order valence-electron chi connectivity index (χ0n) is 15.1. The van der Waals surface area contributed by atoms with Crippen LogP contribution in [0.1, 0.15) is 12.0 Å². The second-order valence-electron chi connectivity index (χ2n) is 5.75. The molecule has 0 aliphatic carbocycles. The Kier molecular flexibility index (Phi) is 5.44. The first kappa shape index (κ1) is 18.5. The topological polar surface area (TPSA) is 78.4 Å². The highest BCUT2D eigenvalue weighted by Gasteiger charge is 2.29. The number of methoxy groups -OCH3 is 3. The highest BCUT2D eigenvalue weighted by atomic mass is 19.1. The number of oxime groups is 1. The smallest absolute Gasteiger partial charge is 0.268 e. The molecule has 1 heterocycles. The van der Waals surface area contributed by atoms with E-state index in [0.717, 1.165) is 0 Å². The molecule has 7 nitrogen and oxygen atoms in total. The molecular formula is C19H19FN2O5. The largest absolute Gasteiger partial charge is 0.493 e. The van der Waals surface area contributed by atoms with Crippen molar-refractivity contribution in [3.8, 4) is 17.2 Å². The number of nitrogens with zero attached hydrogens (tertiary/aromatic N) is 1. The van der Waals surface area contributed by atoms with Gasteiger partial charge in [-0.25, -0.2) is 4.39 Å². The van der Waals surface area contributed by atoms with Gasteiger partial charge < -0.3 is 24.4 Å². The van der Waals surface area contributed by atoms with Crippen LogP contribution in [0.3, 0.4) is 0 Å². The predicted molar refractivity (Wildman–Crippen MR) is 97.2 cm³/mol. The van der Waals surface area contributed by atoms with Crippen molar-refractivity contribution in [2.24, 2.45) is 5.16 Å². The van der Waals surface area contributed by atoms with Crippen LogP contribution in [0, 0.1) is 5.82 Å². The van der Waals surface area contributed by atoms with Crippen LogP contribution in [-0.2, 0) is 9.63 Å². The summed E-state index contributed by atoms with van der Waals surface area (Å²) in [6, 6.07) is 9.10. The third-order valence-electron chi connectivity index (χ3n) is 4.07. The number of halogens is 1. The Bertz CT molecular complexity index is 842. The predicted octanol–water partition coefficient (Wildman–Crippen LogP) is 2.98. The van der Waals surface area contributed by atoms with Crippen LogP contribution in [-0.4, -0.2) is 39.1 Å². The van der Waals surface area contributed by atoms with Gasteiger partial charge >= 0.3 is 0 Å². The molecule has 0 aromatic heterocycles. The minimum absolute atomic E-state index is 0.280. The van der Waals surface area contributed by atoms with Gasteiger partial charge in [0, 0.05) is 24.2 Å². The lowest BCUT2D eigenvalue weighted by molar-refractivity contribution is -0.125. The van der Waals surface area contributed by atoms with E-state index in [1.54, 1.807) is 24.3 Å². The molecule has 1 amide bonds. The van der Waals surface area contributed by atoms with E-state index in [0.29, 0.717) is 34.2 Å². The Morgan fingerprint density at radius 1 is 1.11 bits per heavy atom.